The molecule has 0 unspecified atom stereocenters. The first-order chi connectivity index (χ1) is 14.5. The van der Waals surface area contributed by atoms with Crippen LogP contribution in [0.3, 0.4) is 0 Å². The van der Waals surface area contributed by atoms with Crippen molar-refractivity contribution in [3.63, 3.8) is 0 Å². The topological polar surface area (TPSA) is 107 Å². The van der Waals surface area contributed by atoms with Crippen LogP contribution in [0, 0.1) is 11.3 Å². The van der Waals surface area contributed by atoms with E-state index in [0.29, 0.717) is 28.2 Å². The molecule has 1 fully saturated rings. The summed E-state index contributed by atoms with van der Waals surface area (Å²) in [5, 5.41) is 29.5. The van der Waals surface area contributed by atoms with Crippen molar-refractivity contribution in [2.45, 2.75) is 18.4 Å². The second-order valence-corrected chi connectivity index (χ2v) is 7.51. The number of ether oxygens (including phenoxy) is 1. The number of aliphatic hydroxyl groups excluding tert-OH is 1. The van der Waals surface area contributed by atoms with E-state index in [9.17, 15) is 15.0 Å². The fraction of sp³-hybridized carbons (Fsp3) is 0.304. The van der Waals surface area contributed by atoms with Crippen LogP contribution in [0.1, 0.15) is 23.5 Å². The van der Waals surface area contributed by atoms with Crippen molar-refractivity contribution in [3.05, 3.63) is 57.7 Å². The average molecular weight is 406 g/mol. The van der Waals surface area contributed by atoms with Crippen molar-refractivity contribution in [1.29, 1.82) is 5.26 Å². The number of aliphatic hydroxyl groups is 1. The number of methoxy groups -OCH3 is 1. The van der Waals surface area contributed by atoms with Gasteiger partial charge in [-0.05, 0) is 44.3 Å². The van der Waals surface area contributed by atoms with Crippen molar-refractivity contribution in [2.24, 2.45) is 0 Å². The van der Waals surface area contributed by atoms with Gasteiger partial charge in [-0.3, -0.25) is 4.79 Å². The molecular formula is C23H22N2O5. The number of benzene rings is 2. The Balaban J connectivity index is 2.00. The van der Waals surface area contributed by atoms with Crippen LogP contribution in [0.4, 0.5) is 0 Å². The molecule has 2 atom stereocenters. The van der Waals surface area contributed by atoms with Gasteiger partial charge >= 0.3 is 0 Å². The summed E-state index contributed by atoms with van der Waals surface area (Å²) < 4.78 is 11.7. The molecule has 30 heavy (non-hydrogen) atoms. The van der Waals surface area contributed by atoms with Crippen LogP contribution in [0.15, 0.2) is 45.6 Å². The fourth-order valence-corrected chi connectivity index (χ4v) is 4.29. The third-order valence-electron chi connectivity index (χ3n) is 5.88. The normalized spacial score (nSPS) is 19.1. The van der Waals surface area contributed by atoms with Crippen molar-refractivity contribution < 1.29 is 19.4 Å². The lowest BCUT2D eigenvalue weighted by atomic mass is 9.89. The Labute approximate surface area is 173 Å². The molecule has 1 aliphatic heterocycles. The van der Waals surface area contributed by atoms with E-state index >= 15 is 0 Å². The number of phenolic OH excluding ortho intramolecular Hbond substituents is 1. The third kappa shape index (κ3) is 3.20. The summed E-state index contributed by atoms with van der Waals surface area (Å²) in [4.78, 5) is 15.0. The van der Waals surface area contributed by atoms with Gasteiger partial charge in [0.2, 0.25) is 0 Å². The SMILES string of the molecule is COc1cc(O)c2c(=O)cc(-c3ccc(C#N)cc3)oc2c1[C@H]1CCN(C)[C@@H]1CO. The average Bonchev–Trinajstić information content (AvgIpc) is 3.12. The highest BCUT2D eigenvalue weighted by Crippen LogP contribution is 2.44. The van der Waals surface area contributed by atoms with Crippen LogP contribution in [0.2, 0.25) is 0 Å². The predicted octanol–water partition coefficient (Wildman–Crippen LogP) is 2.83. The Morgan fingerprint density at radius 3 is 2.67 bits per heavy atom. The van der Waals surface area contributed by atoms with E-state index < -0.39 is 0 Å². The second-order valence-electron chi connectivity index (χ2n) is 7.51. The second kappa shape index (κ2) is 7.82. The number of phenols is 1. The molecular weight excluding hydrogens is 384 g/mol. The molecule has 154 valence electrons. The number of nitrogens with zero attached hydrogens (tertiary/aromatic N) is 2. The van der Waals surface area contributed by atoms with Crippen molar-refractivity contribution in [1.82, 2.24) is 4.90 Å². The molecule has 7 nitrogen and oxygen atoms in total. The summed E-state index contributed by atoms with van der Waals surface area (Å²) in [5.41, 5.74) is 1.70. The molecule has 1 aliphatic rings. The van der Waals surface area contributed by atoms with Gasteiger partial charge in [0.25, 0.3) is 0 Å². The molecule has 4 rings (SSSR count). The molecule has 0 bridgehead atoms. The number of likely N-dealkylation sites (N-methyl/N-ethyl adjacent to an activating group) is 1. The number of fused-ring (bicyclic) bond motifs is 1. The Bertz CT molecular complexity index is 1190. The summed E-state index contributed by atoms with van der Waals surface area (Å²) in [6.45, 7) is 0.729. The van der Waals surface area contributed by atoms with Gasteiger partial charge in [-0.15, -0.1) is 0 Å². The molecule has 0 radical (unpaired) electrons. The standard InChI is InChI=1S/C23H22N2O5/c1-25-8-7-15(16(25)12-26)21-20(29-2)10-18(28)22-17(27)9-19(30-23(21)22)14-5-3-13(11-24)4-6-14/h3-6,9-10,15-16,26,28H,7-8,12H2,1-2H3/t15-,16+/m0/s1. The minimum Gasteiger partial charge on any atom is -0.507 e. The molecule has 2 N–H and O–H groups in total. The molecule has 2 aromatic carbocycles. The van der Waals surface area contributed by atoms with Crippen LogP contribution in [0.5, 0.6) is 11.5 Å². The maximum atomic E-state index is 12.9. The van der Waals surface area contributed by atoms with E-state index in [-0.39, 0.29) is 40.7 Å². The Hall–Kier alpha value is -3.34. The van der Waals surface area contributed by atoms with Crippen LogP contribution < -0.4 is 10.2 Å². The molecule has 1 saturated heterocycles. The van der Waals surface area contributed by atoms with E-state index in [1.54, 1.807) is 24.3 Å². The molecule has 0 spiro atoms. The largest absolute Gasteiger partial charge is 0.507 e. The molecule has 0 saturated carbocycles. The first kappa shape index (κ1) is 20.0. The summed E-state index contributed by atoms with van der Waals surface area (Å²) in [7, 11) is 3.44. The quantitative estimate of drug-likeness (QED) is 0.686. The zero-order chi connectivity index (χ0) is 21.4. The summed E-state index contributed by atoms with van der Waals surface area (Å²) >= 11 is 0. The van der Waals surface area contributed by atoms with Gasteiger partial charge in [-0.2, -0.15) is 5.26 Å². The zero-order valence-corrected chi connectivity index (χ0v) is 16.8. The molecule has 0 aliphatic carbocycles. The van der Waals surface area contributed by atoms with E-state index in [1.165, 1.54) is 19.2 Å². The highest BCUT2D eigenvalue weighted by Gasteiger charge is 2.37. The zero-order valence-electron chi connectivity index (χ0n) is 16.8. The van der Waals surface area contributed by atoms with E-state index in [2.05, 4.69) is 11.0 Å². The lowest BCUT2D eigenvalue weighted by molar-refractivity contribution is 0.171. The first-order valence-electron chi connectivity index (χ1n) is 9.67. The third-order valence-corrected chi connectivity index (χ3v) is 5.88. The Morgan fingerprint density at radius 1 is 1.30 bits per heavy atom. The van der Waals surface area contributed by atoms with Crippen LogP contribution >= 0.6 is 0 Å². The highest BCUT2D eigenvalue weighted by atomic mass is 16.5. The Kier molecular flexibility index (Phi) is 5.20. The fourth-order valence-electron chi connectivity index (χ4n) is 4.29. The first-order valence-corrected chi connectivity index (χ1v) is 9.67. The lowest BCUT2D eigenvalue weighted by Crippen LogP contribution is -2.32. The predicted molar refractivity (Wildman–Crippen MR) is 112 cm³/mol. The number of likely N-dealkylation sites (tertiary alicyclic amines) is 1. The van der Waals surface area contributed by atoms with Gasteiger partial charge in [0.05, 0.1) is 25.3 Å². The van der Waals surface area contributed by atoms with E-state index in [0.717, 1.165) is 13.0 Å². The molecule has 3 aromatic rings. The van der Waals surface area contributed by atoms with Gasteiger partial charge in [0, 0.05) is 35.2 Å². The van der Waals surface area contributed by atoms with Gasteiger partial charge in [0.15, 0.2) is 5.43 Å². The molecule has 7 heteroatoms. The van der Waals surface area contributed by atoms with Crippen molar-refractivity contribution in [3.8, 4) is 28.9 Å². The van der Waals surface area contributed by atoms with Crippen molar-refractivity contribution >= 4 is 11.0 Å². The number of hydrogen-bond donors (Lipinski definition) is 2. The summed E-state index contributed by atoms with van der Waals surface area (Å²) in [6.07, 6.45) is 0.753. The molecule has 1 aromatic heterocycles. The number of aromatic hydroxyl groups is 1. The van der Waals surface area contributed by atoms with Crippen LogP contribution in [-0.4, -0.2) is 48.5 Å². The van der Waals surface area contributed by atoms with E-state index in [1.807, 2.05) is 7.05 Å². The number of nitriles is 1. The maximum Gasteiger partial charge on any atom is 0.197 e. The van der Waals surface area contributed by atoms with E-state index in [4.69, 9.17) is 14.4 Å². The van der Waals surface area contributed by atoms with Gasteiger partial charge in [0.1, 0.15) is 28.2 Å². The molecule has 2 heterocycles. The van der Waals surface area contributed by atoms with Gasteiger partial charge < -0.3 is 24.3 Å². The van der Waals surface area contributed by atoms with Gasteiger partial charge in [-0.1, -0.05) is 0 Å². The Morgan fingerprint density at radius 2 is 2.03 bits per heavy atom. The minimum atomic E-state index is -0.371. The maximum absolute atomic E-state index is 12.9. The molecule has 0 amide bonds. The summed E-state index contributed by atoms with van der Waals surface area (Å²) in [5.74, 6) is 0.409. The number of rotatable bonds is 4. The lowest BCUT2D eigenvalue weighted by Gasteiger charge is -2.25. The smallest absolute Gasteiger partial charge is 0.197 e. The van der Waals surface area contributed by atoms with Crippen LogP contribution in [-0.2, 0) is 0 Å². The number of hydrogen-bond acceptors (Lipinski definition) is 7. The summed E-state index contributed by atoms with van der Waals surface area (Å²) in [6, 6.07) is 11.4. The monoisotopic (exact) mass is 406 g/mol. The van der Waals surface area contributed by atoms with Gasteiger partial charge in [-0.25, -0.2) is 0 Å². The minimum absolute atomic E-state index is 0.0494. The highest BCUT2D eigenvalue weighted by molar-refractivity contribution is 5.90. The van der Waals surface area contributed by atoms with Crippen molar-refractivity contribution in [2.75, 3.05) is 27.3 Å². The van der Waals surface area contributed by atoms with Crippen LogP contribution in [0.25, 0.3) is 22.3 Å².